The molecule has 1 amide bonds. The van der Waals surface area contributed by atoms with Gasteiger partial charge in [0.05, 0.1) is 5.56 Å². The van der Waals surface area contributed by atoms with Gasteiger partial charge in [0.2, 0.25) is 0 Å². The maximum Gasteiger partial charge on any atom is 0.259 e. The Balaban J connectivity index is 2.18. The summed E-state index contributed by atoms with van der Waals surface area (Å²) in [5.74, 6) is -1.61. The molecule has 0 aliphatic carbocycles. The van der Waals surface area contributed by atoms with Crippen LogP contribution in [0.3, 0.4) is 0 Å². The fraction of sp³-hybridized carbons (Fsp3) is 0. The lowest BCUT2D eigenvalue weighted by Gasteiger charge is -2.07. The van der Waals surface area contributed by atoms with Crippen molar-refractivity contribution in [3.05, 3.63) is 59.4 Å². The third kappa shape index (κ3) is 2.95. The number of aldehydes is 1. The van der Waals surface area contributed by atoms with Gasteiger partial charge in [0.15, 0.2) is 0 Å². The van der Waals surface area contributed by atoms with E-state index in [1.807, 2.05) is 0 Å². The molecule has 0 atom stereocenters. The second-order valence-electron chi connectivity index (χ2n) is 3.86. The van der Waals surface area contributed by atoms with Gasteiger partial charge in [-0.3, -0.25) is 9.59 Å². The molecule has 0 fully saturated rings. The molecule has 4 nitrogen and oxygen atoms in total. The fourth-order valence-electron chi connectivity index (χ4n) is 1.54. The van der Waals surface area contributed by atoms with Gasteiger partial charge in [-0.15, -0.1) is 0 Å². The molecule has 0 bridgehead atoms. The Morgan fingerprint density at radius 1 is 1.16 bits per heavy atom. The molecule has 2 rings (SSSR count). The van der Waals surface area contributed by atoms with Crippen molar-refractivity contribution in [3.63, 3.8) is 0 Å². The normalized spacial score (nSPS) is 9.95. The predicted molar refractivity (Wildman–Crippen MR) is 67.8 cm³/mol. The van der Waals surface area contributed by atoms with Gasteiger partial charge in [-0.25, -0.2) is 4.39 Å². The number of halogens is 1. The summed E-state index contributed by atoms with van der Waals surface area (Å²) < 4.78 is 12.8. The Morgan fingerprint density at radius 3 is 2.42 bits per heavy atom. The molecule has 0 spiro atoms. The van der Waals surface area contributed by atoms with E-state index in [4.69, 9.17) is 0 Å². The van der Waals surface area contributed by atoms with Crippen LogP contribution in [0.15, 0.2) is 42.5 Å². The first-order chi connectivity index (χ1) is 9.10. The van der Waals surface area contributed by atoms with Gasteiger partial charge in [-0.05, 0) is 36.4 Å². The maximum atomic E-state index is 12.8. The topological polar surface area (TPSA) is 66.4 Å². The van der Waals surface area contributed by atoms with E-state index in [1.165, 1.54) is 6.07 Å². The van der Waals surface area contributed by atoms with Gasteiger partial charge < -0.3 is 10.4 Å². The van der Waals surface area contributed by atoms with Crippen LogP contribution in [-0.4, -0.2) is 17.3 Å². The summed E-state index contributed by atoms with van der Waals surface area (Å²) in [6, 6.07) is 9.36. The van der Waals surface area contributed by atoms with Crippen LogP contribution in [0, 0.1) is 5.82 Å². The molecule has 0 saturated heterocycles. The van der Waals surface area contributed by atoms with Crippen molar-refractivity contribution < 1.29 is 19.1 Å². The smallest absolute Gasteiger partial charge is 0.259 e. The molecule has 2 N–H and O–H groups in total. The van der Waals surface area contributed by atoms with Gasteiger partial charge in [0.1, 0.15) is 17.9 Å². The summed E-state index contributed by atoms with van der Waals surface area (Å²) in [6.45, 7) is 0. The van der Waals surface area contributed by atoms with Crippen molar-refractivity contribution >= 4 is 17.9 Å². The molecule has 19 heavy (non-hydrogen) atoms. The fourth-order valence-corrected chi connectivity index (χ4v) is 1.54. The van der Waals surface area contributed by atoms with Crippen molar-refractivity contribution in [2.75, 3.05) is 5.32 Å². The lowest BCUT2D eigenvalue weighted by atomic mass is 10.1. The molecule has 0 aliphatic rings. The predicted octanol–water partition coefficient (Wildman–Crippen LogP) is 2.60. The Kier molecular flexibility index (Phi) is 3.56. The van der Waals surface area contributed by atoms with E-state index in [-0.39, 0.29) is 5.56 Å². The summed E-state index contributed by atoms with van der Waals surface area (Å²) >= 11 is 0. The zero-order valence-electron chi connectivity index (χ0n) is 9.76. The van der Waals surface area contributed by atoms with Crippen LogP contribution >= 0.6 is 0 Å². The molecule has 5 heteroatoms. The highest BCUT2D eigenvalue weighted by Crippen LogP contribution is 2.19. The van der Waals surface area contributed by atoms with Gasteiger partial charge in [-0.1, -0.05) is 0 Å². The monoisotopic (exact) mass is 259 g/mol. The van der Waals surface area contributed by atoms with Crippen molar-refractivity contribution in [3.8, 4) is 5.75 Å². The number of phenols is 1. The summed E-state index contributed by atoms with van der Waals surface area (Å²) in [4.78, 5) is 22.3. The third-order valence-corrected chi connectivity index (χ3v) is 2.51. The molecule has 0 heterocycles. The second kappa shape index (κ2) is 5.30. The molecule has 0 unspecified atom stereocenters. The molecule has 0 saturated carbocycles. The Morgan fingerprint density at radius 2 is 1.84 bits per heavy atom. The average Bonchev–Trinajstić information content (AvgIpc) is 2.39. The SMILES string of the molecule is O=Cc1ccc(NC(=O)c2ccc(F)cc2O)cc1. The van der Waals surface area contributed by atoms with Crippen LogP contribution in [0.1, 0.15) is 20.7 Å². The molecular formula is C14H10FNO3. The standard InChI is InChI=1S/C14H10FNO3/c15-10-3-6-12(13(18)7-10)14(19)16-11-4-1-9(8-17)2-5-11/h1-8,18H,(H,16,19). The van der Waals surface area contributed by atoms with Gasteiger partial charge >= 0.3 is 0 Å². The lowest BCUT2D eigenvalue weighted by molar-refractivity contribution is 0.102. The summed E-state index contributed by atoms with van der Waals surface area (Å²) in [7, 11) is 0. The van der Waals surface area contributed by atoms with Crippen LogP contribution in [0.5, 0.6) is 5.75 Å². The van der Waals surface area contributed by atoms with E-state index in [2.05, 4.69) is 5.32 Å². The molecule has 0 radical (unpaired) electrons. The minimum absolute atomic E-state index is 0.0270. The second-order valence-corrected chi connectivity index (χ2v) is 3.86. The molecular weight excluding hydrogens is 249 g/mol. The Bertz CT molecular complexity index is 623. The van der Waals surface area contributed by atoms with Crippen molar-refractivity contribution in [1.29, 1.82) is 0 Å². The number of hydrogen-bond acceptors (Lipinski definition) is 3. The lowest BCUT2D eigenvalue weighted by Crippen LogP contribution is -2.12. The first-order valence-corrected chi connectivity index (χ1v) is 5.45. The Labute approximate surface area is 108 Å². The quantitative estimate of drug-likeness (QED) is 0.832. The van der Waals surface area contributed by atoms with Crippen LogP contribution in [0.2, 0.25) is 0 Å². The molecule has 2 aromatic carbocycles. The summed E-state index contributed by atoms with van der Waals surface area (Å²) in [5, 5.41) is 12.0. The van der Waals surface area contributed by atoms with Crippen molar-refractivity contribution in [2.45, 2.75) is 0 Å². The van der Waals surface area contributed by atoms with Crippen LogP contribution < -0.4 is 5.32 Å². The van der Waals surface area contributed by atoms with Crippen LogP contribution in [0.25, 0.3) is 0 Å². The highest BCUT2D eigenvalue weighted by molar-refractivity contribution is 6.06. The number of aromatic hydroxyl groups is 1. The van der Waals surface area contributed by atoms with Crippen LogP contribution in [0.4, 0.5) is 10.1 Å². The van der Waals surface area contributed by atoms with Crippen LogP contribution in [-0.2, 0) is 0 Å². The number of anilines is 1. The molecule has 96 valence electrons. The van der Waals surface area contributed by atoms with E-state index >= 15 is 0 Å². The zero-order valence-corrected chi connectivity index (χ0v) is 9.76. The largest absolute Gasteiger partial charge is 0.507 e. The summed E-state index contributed by atoms with van der Waals surface area (Å²) in [6.07, 6.45) is 0.692. The number of carbonyl (C=O) groups excluding carboxylic acids is 2. The number of rotatable bonds is 3. The third-order valence-electron chi connectivity index (χ3n) is 2.51. The van der Waals surface area contributed by atoms with Crippen molar-refractivity contribution in [1.82, 2.24) is 0 Å². The number of carbonyl (C=O) groups is 2. The zero-order chi connectivity index (χ0) is 13.8. The molecule has 0 aromatic heterocycles. The van der Waals surface area contributed by atoms with E-state index in [1.54, 1.807) is 24.3 Å². The Hall–Kier alpha value is -2.69. The average molecular weight is 259 g/mol. The highest BCUT2D eigenvalue weighted by atomic mass is 19.1. The minimum atomic E-state index is -0.621. The van der Waals surface area contributed by atoms with E-state index in [0.717, 1.165) is 12.1 Å². The number of phenolic OH excluding ortho intramolecular Hbond substituents is 1. The first-order valence-electron chi connectivity index (χ1n) is 5.45. The number of hydrogen-bond donors (Lipinski definition) is 2. The first kappa shape index (κ1) is 12.8. The number of nitrogens with one attached hydrogen (secondary N) is 1. The number of benzene rings is 2. The van der Waals surface area contributed by atoms with Crippen molar-refractivity contribution in [2.24, 2.45) is 0 Å². The highest BCUT2D eigenvalue weighted by Gasteiger charge is 2.11. The molecule has 0 aliphatic heterocycles. The maximum absolute atomic E-state index is 12.8. The summed E-state index contributed by atoms with van der Waals surface area (Å²) in [5.41, 5.74) is 0.933. The van der Waals surface area contributed by atoms with Gasteiger partial charge in [0, 0.05) is 17.3 Å². The van der Waals surface area contributed by atoms with E-state index in [0.29, 0.717) is 17.5 Å². The number of amides is 1. The molecule has 2 aromatic rings. The van der Waals surface area contributed by atoms with Gasteiger partial charge in [-0.2, -0.15) is 0 Å². The van der Waals surface area contributed by atoms with E-state index in [9.17, 15) is 19.1 Å². The van der Waals surface area contributed by atoms with E-state index < -0.39 is 17.5 Å². The minimum Gasteiger partial charge on any atom is -0.507 e. The van der Waals surface area contributed by atoms with Gasteiger partial charge in [0.25, 0.3) is 5.91 Å².